The van der Waals surface area contributed by atoms with Crippen LogP contribution < -0.4 is 4.90 Å². The van der Waals surface area contributed by atoms with Gasteiger partial charge in [0, 0.05) is 20.2 Å². The molecule has 1 aromatic rings. The first-order valence-electron chi connectivity index (χ1n) is 5.22. The predicted molar refractivity (Wildman–Crippen MR) is 68.2 cm³/mol. The van der Waals surface area contributed by atoms with Gasteiger partial charge < -0.3 is 14.7 Å². The highest BCUT2D eigenvalue weighted by molar-refractivity contribution is 6.33. The van der Waals surface area contributed by atoms with Crippen molar-refractivity contribution in [3.8, 4) is 0 Å². The van der Waals surface area contributed by atoms with E-state index in [0.717, 1.165) is 5.69 Å². The summed E-state index contributed by atoms with van der Waals surface area (Å²) in [6.07, 6.45) is 0. The maximum Gasteiger partial charge on any atom is 0.335 e. The van der Waals surface area contributed by atoms with Crippen LogP contribution in [0.25, 0.3) is 0 Å². The fourth-order valence-electron chi connectivity index (χ4n) is 1.52. The van der Waals surface area contributed by atoms with E-state index >= 15 is 0 Å². The predicted octanol–water partition coefficient (Wildman–Crippen LogP) is 2.51. The number of halogens is 1. The Morgan fingerprint density at radius 3 is 2.71 bits per heavy atom. The molecule has 0 aliphatic heterocycles. The smallest absolute Gasteiger partial charge is 0.335 e. The van der Waals surface area contributed by atoms with Gasteiger partial charge in [0.1, 0.15) is 0 Å². The van der Waals surface area contributed by atoms with Gasteiger partial charge in [0.05, 0.1) is 22.9 Å². The molecule has 1 aromatic carbocycles. The monoisotopic (exact) mass is 257 g/mol. The zero-order chi connectivity index (χ0) is 13.0. The van der Waals surface area contributed by atoms with Crippen LogP contribution in [0.15, 0.2) is 18.2 Å². The molecule has 1 rings (SSSR count). The Morgan fingerprint density at radius 1 is 1.59 bits per heavy atom. The number of likely N-dealkylation sites (N-methyl/N-ethyl adjacent to an activating group) is 1. The number of ether oxygens (including phenoxy) is 1. The molecule has 1 N–H and O–H groups in total. The lowest BCUT2D eigenvalue weighted by molar-refractivity contribution is 0.0697. The van der Waals surface area contributed by atoms with E-state index in [-0.39, 0.29) is 11.6 Å². The number of carboxylic acids is 1. The van der Waals surface area contributed by atoms with Crippen molar-refractivity contribution in [1.29, 1.82) is 0 Å². The molecule has 94 valence electrons. The molecule has 0 radical (unpaired) electrons. The molecular weight excluding hydrogens is 242 g/mol. The van der Waals surface area contributed by atoms with E-state index in [2.05, 4.69) is 0 Å². The quantitative estimate of drug-likeness (QED) is 0.881. The molecule has 4 nitrogen and oxygen atoms in total. The van der Waals surface area contributed by atoms with E-state index in [1.54, 1.807) is 19.2 Å². The van der Waals surface area contributed by atoms with Gasteiger partial charge in [-0.2, -0.15) is 0 Å². The zero-order valence-electron chi connectivity index (χ0n) is 10.1. The van der Waals surface area contributed by atoms with Crippen molar-refractivity contribution in [2.75, 3.05) is 25.7 Å². The molecule has 17 heavy (non-hydrogen) atoms. The fraction of sp³-hybridized carbons (Fsp3) is 0.417. The molecule has 0 saturated carbocycles. The molecule has 1 unspecified atom stereocenters. The molecule has 0 saturated heterocycles. The van der Waals surface area contributed by atoms with Crippen LogP contribution in [0.4, 0.5) is 5.69 Å². The molecule has 0 spiro atoms. The number of hydrogen-bond acceptors (Lipinski definition) is 3. The Bertz CT molecular complexity index is 409. The standard InChI is InChI=1S/C12H16ClNO3/c1-8(7-17-3)14(2)11-5-4-9(12(15)16)6-10(11)13/h4-6,8H,7H2,1-3H3,(H,15,16). The largest absolute Gasteiger partial charge is 0.478 e. The van der Waals surface area contributed by atoms with Crippen molar-refractivity contribution in [2.45, 2.75) is 13.0 Å². The molecule has 0 aliphatic carbocycles. The van der Waals surface area contributed by atoms with Gasteiger partial charge >= 0.3 is 5.97 Å². The lowest BCUT2D eigenvalue weighted by atomic mass is 10.2. The zero-order valence-corrected chi connectivity index (χ0v) is 10.9. The number of aromatic carboxylic acids is 1. The van der Waals surface area contributed by atoms with Crippen LogP contribution in [0.2, 0.25) is 5.02 Å². The number of methoxy groups -OCH3 is 1. The van der Waals surface area contributed by atoms with E-state index in [4.69, 9.17) is 21.4 Å². The second-order valence-electron chi connectivity index (χ2n) is 3.89. The van der Waals surface area contributed by atoms with E-state index in [9.17, 15) is 4.79 Å². The average Bonchev–Trinajstić information content (AvgIpc) is 2.28. The number of rotatable bonds is 5. The van der Waals surface area contributed by atoms with Gasteiger partial charge in [-0.1, -0.05) is 11.6 Å². The number of carbonyl (C=O) groups is 1. The Balaban J connectivity index is 2.95. The molecule has 0 heterocycles. The third kappa shape index (κ3) is 3.35. The summed E-state index contributed by atoms with van der Waals surface area (Å²) in [6.45, 7) is 2.58. The molecule has 0 bridgehead atoms. The Kier molecular flexibility index (Phi) is 4.78. The minimum Gasteiger partial charge on any atom is -0.478 e. The summed E-state index contributed by atoms with van der Waals surface area (Å²) in [5.74, 6) is -0.981. The highest BCUT2D eigenvalue weighted by Crippen LogP contribution is 2.27. The van der Waals surface area contributed by atoms with Crippen LogP contribution in [0.3, 0.4) is 0 Å². The van der Waals surface area contributed by atoms with Crippen LogP contribution in [0.1, 0.15) is 17.3 Å². The highest BCUT2D eigenvalue weighted by Gasteiger charge is 2.14. The summed E-state index contributed by atoms with van der Waals surface area (Å²) >= 11 is 6.07. The molecule has 1 atom stereocenters. The van der Waals surface area contributed by atoms with Gasteiger partial charge in [0.25, 0.3) is 0 Å². The molecule has 0 aromatic heterocycles. The van der Waals surface area contributed by atoms with Gasteiger partial charge in [0.2, 0.25) is 0 Å². The number of carboxylic acid groups (broad SMARTS) is 1. The van der Waals surface area contributed by atoms with Crippen molar-refractivity contribution < 1.29 is 14.6 Å². The Morgan fingerprint density at radius 2 is 2.24 bits per heavy atom. The van der Waals surface area contributed by atoms with E-state index in [1.807, 2.05) is 18.9 Å². The van der Waals surface area contributed by atoms with E-state index in [0.29, 0.717) is 11.6 Å². The summed E-state index contributed by atoms with van der Waals surface area (Å²) in [4.78, 5) is 12.7. The van der Waals surface area contributed by atoms with E-state index < -0.39 is 5.97 Å². The minimum atomic E-state index is -0.981. The van der Waals surface area contributed by atoms with Gasteiger partial charge in [-0.15, -0.1) is 0 Å². The van der Waals surface area contributed by atoms with Crippen molar-refractivity contribution in [3.05, 3.63) is 28.8 Å². The summed E-state index contributed by atoms with van der Waals surface area (Å²) in [7, 11) is 3.53. The molecular formula is C12H16ClNO3. The molecule has 0 fully saturated rings. The minimum absolute atomic E-state index is 0.160. The molecule has 5 heteroatoms. The molecule has 0 aliphatic rings. The maximum atomic E-state index is 10.8. The van der Waals surface area contributed by atoms with E-state index in [1.165, 1.54) is 6.07 Å². The number of nitrogens with zero attached hydrogens (tertiary/aromatic N) is 1. The highest BCUT2D eigenvalue weighted by atomic mass is 35.5. The van der Waals surface area contributed by atoms with Crippen LogP contribution >= 0.6 is 11.6 Å². The van der Waals surface area contributed by atoms with Gasteiger partial charge in [-0.05, 0) is 25.1 Å². The Hall–Kier alpha value is -1.26. The second-order valence-corrected chi connectivity index (χ2v) is 4.29. The first kappa shape index (κ1) is 13.8. The van der Waals surface area contributed by atoms with Crippen molar-refractivity contribution >= 4 is 23.3 Å². The SMILES string of the molecule is COCC(C)N(C)c1ccc(C(=O)O)cc1Cl. The number of anilines is 1. The maximum absolute atomic E-state index is 10.8. The Labute approximate surface area is 106 Å². The van der Waals surface area contributed by atoms with Crippen molar-refractivity contribution in [1.82, 2.24) is 0 Å². The van der Waals surface area contributed by atoms with Crippen LogP contribution in [0.5, 0.6) is 0 Å². The first-order chi connectivity index (χ1) is 7.97. The molecule has 0 amide bonds. The van der Waals surface area contributed by atoms with Gasteiger partial charge in [0.15, 0.2) is 0 Å². The topological polar surface area (TPSA) is 49.8 Å². The lowest BCUT2D eigenvalue weighted by Gasteiger charge is -2.27. The third-order valence-electron chi connectivity index (χ3n) is 2.64. The van der Waals surface area contributed by atoms with Crippen LogP contribution in [-0.2, 0) is 4.74 Å². The van der Waals surface area contributed by atoms with Crippen molar-refractivity contribution in [3.63, 3.8) is 0 Å². The summed E-state index contributed by atoms with van der Waals surface area (Å²) in [5.41, 5.74) is 0.979. The third-order valence-corrected chi connectivity index (χ3v) is 2.95. The fourth-order valence-corrected chi connectivity index (χ4v) is 1.83. The van der Waals surface area contributed by atoms with Gasteiger partial charge in [-0.25, -0.2) is 4.79 Å². The van der Waals surface area contributed by atoms with Crippen LogP contribution in [0, 0.1) is 0 Å². The van der Waals surface area contributed by atoms with Crippen molar-refractivity contribution in [2.24, 2.45) is 0 Å². The van der Waals surface area contributed by atoms with Crippen LogP contribution in [-0.4, -0.2) is 37.9 Å². The summed E-state index contributed by atoms with van der Waals surface area (Å²) < 4.78 is 5.07. The average molecular weight is 258 g/mol. The lowest BCUT2D eigenvalue weighted by Crippen LogP contribution is -2.32. The number of benzene rings is 1. The first-order valence-corrected chi connectivity index (χ1v) is 5.59. The van der Waals surface area contributed by atoms with Gasteiger partial charge in [-0.3, -0.25) is 0 Å². The second kappa shape index (κ2) is 5.89. The summed E-state index contributed by atoms with van der Waals surface area (Å²) in [5, 5.41) is 9.27. The number of hydrogen-bond donors (Lipinski definition) is 1. The summed E-state index contributed by atoms with van der Waals surface area (Å²) in [6, 6.07) is 4.86. The normalized spacial score (nSPS) is 12.2.